The Bertz CT molecular complexity index is 856. The first-order valence-corrected chi connectivity index (χ1v) is 6.92. The highest BCUT2D eigenvalue weighted by Crippen LogP contribution is 2.21. The fourth-order valence-electron chi connectivity index (χ4n) is 1.74. The van der Waals surface area contributed by atoms with E-state index in [0.29, 0.717) is 11.3 Å². The van der Waals surface area contributed by atoms with Crippen LogP contribution in [0.15, 0.2) is 47.6 Å². The zero-order valence-corrected chi connectivity index (χ0v) is 12.7. The lowest BCUT2D eigenvalue weighted by Crippen LogP contribution is -2.24. The van der Waals surface area contributed by atoms with Gasteiger partial charge in [-0.1, -0.05) is 0 Å². The molecule has 0 bridgehead atoms. The SMILES string of the molecule is N#Cc1ccc(OCC(=O)N/N=C\c2cc([N+](=O)[O-])ccc2O)cc1. The Morgan fingerprint density at radius 1 is 1.36 bits per heavy atom. The number of carbonyl (C=O) groups excluding carboxylic acids is 1. The summed E-state index contributed by atoms with van der Waals surface area (Å²) in [7, 11) is 0. The van der Waals surface area contributed by atoms with Crippen molar-refractivity contribution >= 4 is 17.8 Å². The quantitative estimate of drug-likeness (QED) is 0.466. The minimum Gasteiger partial charge on any atom is -0.507 e. The summed E-state index contributed by atoms with van der Waals surface area (Å²) in [5.74, 6) is -0.363. The summed E-state index contributed by atoms with van der Waals surface area (Å²) in [5, 5.41) is 32.6. The number of nitro groups is 1. The van der Waals surface area contributed by atoms with Crippen molar-refractivity contribution in [2.75, 3.05) is 6.61 Å². The molecule has 0 heterocycles. The summed E-state index contributed by atoms with van der Waals surface area (Å²) in [6.07, 6.45) is 1.09. The molecule has 2 aromatic rings. The topological polar surface area (TPSA) is 138 Å². The van der Waals surface area contributed by atoms with E-state index in [2.05, 4.69) is 10.5 Å². The third-order valence-electron chi connectivity index (χ3n) is 2.97. The molecule has 0 aliphatic carbocycles. The summed E-state index contributed by atoms with van der Waals surface area (Å²) in [6.45, 7) is -0.315. The number of amides is 1. The molecule has 126 valence electrons. The van der Waals surface area contributed by atoms with Crippen LogP contribution < -0.4 is 10.2 Å². The van der Waals surface area contributed by atoms with Gasteiger partial charge in [-0.05, 0) is 30.3 Å². The zero-order chi connectivity index (χ0) is 18.2. The number of carbonyl (C=O) groups is 1. The van der Waals surface area contributed by atoms with Gasteiger partial charge in [0.2, 0.25) is 0 Å². The molecule has 0 aromatic heterocycles. The molecule has 9 nitrogen and oxygen atoms in total. The molecule has 0 radical (unpaired) electrons. The molecule has 0 aliphatic rings. The Hall–Kier alpha value is -3.93. The molecule has 2 aromatic carbocycles. The smallest absolute Gasteiger partial charge is 0.277 e. The molecule has 0 atom stereocenters. The average molecular weight is 340 g/mol. The van der Waals surface area contributed by atoms with E-state index < -0.39 is 10.8 Å². The van der Waals surface area contributed by atoms with E-state index in [9.17, 15) is 20.0 Å². The summed E-state index contributed by atoms with van der Waals surface area (Å²) in [5.41, 5.74) is 2.52. The highest BCUT2D eigenvalue weighted by Gasteiger charge is 2.09. The van der Waals surface area contributed by atoms with Gasteiger partial charge in [-0.15, -0.1) is 0 Å². The molecule has 0 fully saturated rings. The van der Waals surface area contributed by atoms with Crippen molar-refractivity contribution in [3.63, 3.8) is 0 Å². The van der Waals surface area contributed by atoms with Gasteiger partial charge < -0.3 is 9.84 Å². The number of benzene rings is 2. The first-order chi connectivity index (χ1) is 12.0. The lowest BCUT2D eigenvalue weighted by molar-refractivity contribution is -0.384. The van der Waals surface area contributed by atoms with Crippen LogP contribution in [0.4, 0.5) is 5.69 Å². The van der Waals surface area contributed by atoms with Crippen LogP contribution >= 0.6 is 0 Å². The van der Waals surface area contributed by atoms with Gasteiger partial charge >= 0.3 is 0 Å². The predicted octanol–water partition coefficient (Wildman–Crippen LogP) is 1.70. The third kappa shape index (κ3) is 5.04. The van der Waals surface area contributed by atoms with Crippen LogP contribution in [0.25, 0.3) is 0 Å². The molecular formula is C16H12N4O5. The Morgan fingerprint density at radius 3 is 2.72 bits per heavy atom. The van der Waals surface area contributed by atoms with Crippen molar-refractivity contribution in [1.29, 1.82) is 5.26 Å². The van der Waals surface area contributed by atoms with Crippen LogP contribution in [-0.4, -0.2) is 28.8 Å². The van der Waals surface area contributed by atoms with E-state index in [1.165, 1.54) is 0 Å². The zero-order valence-electron chi connectivity index (χ0n) is 12.7. The number of phenols is 1. The van der Waals surface area contributed by atoms with Crippen LogP contribution in [-0.2, 0) is 4.79 Å². The Kier molecular flexibility index (Phi) is 5.63. The first kappa shape index (κ1) is 17.4. The van der Waals surface area contributed by atoms with Crippen molar-refractivity contribution in [2.45, 2.75) is 0 Å². The Morgan fingerprint density at radius 2 is 2.08 bits per heavy atom. The molecular weight excluding hydrogens is 328 g/mol. The van der Waals surface area contributed by atoms with Gasteiger partial charge in [-0.3, -0.25) is 14.9 Å². The van der Waals surface area contributed by atoms with Crippen molar-refractivity contribution in [3.8, 4) is 17.6 Å². The summed E-state index contributed by atoms with van der Waals surface area (Å²) in [4.78, 5) is 21.7. The van der Waals surface area contributed by atoms with E-state index in [0.717, 1.165) is 24.4 Å². The second-order valence-electron chi connectivity index (χ2n) is 4.72. The van der Waals surface area contributed by atoms with Crippen molar-refractivity contribution in [2.24, 2.45) is 5.10 Å². The van der Waals surface area contributed by atoms with E-state index in [1.807, 2.05) is 6.07 Å². The summed E-state index contributed by atoms with van der Waals surface area (Å²) >= 11 is 0. The number of hydrazone groups is 1. The number of nitro benzene ring substituents is 1. The molecule has 25 heavy (non-hydrogen) atoms. The average Bonchev–Trinajstić information content (AvgIpc) is 2.61. The lowest BCUT2D eigenvalue weighted by atomic mass is 10.2. The van der Waals surface area contributed by atoms with Gasteiger partial charge in [0.05, 0.1) is 22.8 Å². The van der Waals surface area contributed by atoms with E-state index in [1.54, 1.807) is 24.3 Å². The molecule has 2 rings (SSSR count). The monoisotopic (exact) mass is 340 g/mol. The second-order valence-corrected chi connectivity index (χ2v) is 4.72. The Balaban J connectivity index is 1.89. The maximum absolute atomic E-state index is 11.6. The number of rotatable bonds is 6. The minimum atomic E-state index is -0.610. The number of hydrogen-bond acceptors (Lipinski definition) is 7. The maximum atomic E-state index is 11.6. The number of nitrogens with one attached hydrogen (secondary N) is 1. The van der Waals surface area contributed by atoms with Crippen molar-refractivity contribution < 1.29 is 19.6 Å². The van der Waals surface area contributed by atoms with E-state index in [4.69, 9.17) is 10.00 Å². The third-order valence-corrected chi connectivity index (χ3v) is 2.97. The molecule has 0 saturated carbocycles. The molecule has 0 saturated heterocycles. The van der Waals surface area contributed by atoms with Crippen molar-refractivity contribution in [1.82, 2.24) is 5.43 Å². The fraction of sp³-hybridized carbons (Fsp3) is 0.0625. The first-order valence-electron chi connectivity index (χ1n) is 6.92. The Labute approximate surface area is 141 Å². The van der Waals surface area contributed by atoms with Gasteiger partial charge in [0.15, 0.2) is 6.61 Å². The van der Waals surface area contributed by atoms with E-state index >= 15 is 0 Å². The predicted molar refractivity (Wildman–Crippen MR) is 87.1 cm³/mol. The molecule has 2 N–H and O–H groups in total. The van der Waals surface area contributed by atoms with Crippen LogP contribution in [0.3, 0.4) is 0 Å². The van der Waals surface area contributed by atoms with Crippen LogP contribution in [0, 0.1) is 21.4 Å². The minimum absolute atomic E-state index is 0.0857. The number of nitrogens with zero attached hydrogens (tertiary/aromatic N) is 3. The molecule has 0 unspecified atom stereocenters. The summed E-state index contributed by atoms with van der Waals surface area (Å²) < 4.78 is 5.21. The van der Waals surface area contributed by atoms with Crippen LogP contribution in [0.2, 0.25) is 0 Å². The number of aromatic hydroxyl groups is 1. The summed E-state index contributed by atoms with van der Waals surface area (Å²) in [6, 6.07) is 11.6. The highest BCUT2D eigenvalue weighted by atomic mass is 16.6. The normalized spacial score (nSPS) is 10.2. The largest absolute Gasteiger partial charge is 0.507 e. The standard InChI is InChI=1S/C16H12N4O5/c17-8-11-1-4-14(5-2-11)25-10-16(22)19-18-9-12-7-13(20(23)24)3-6-15(12)21/h1-7,9,21H,10H2,(H,19,22)/b18-9-. The van der Waals surface area contributed by atoms with Gasteiger partial charge in [0.1, 0.15) is 11.5 Å². The van der Waals surface area contributed by atoms with Gasteiger partial charge in [0, 0.05) is 17.7 Å². The lowest BCUT2D eigenvalue weighted by Gasteiger charge is -2.04. The maximum Gasteiger partial charge on any atom is 0.277 e. The molecule has 0 spiro atoms. The fourth-order valence-corrected chi connectivity index (χ4v) is 1.74. The van der Waals surface area contributed by atoms with Crippen LogP contribution in [0.1, 0.15) is 11.1 Å². The highest BCUT2D eigenvalue weighted by molar-refractivity contribution is 5.86. The van der Waals surface area contributed by atoms with Gasteiger partial charge in [-0.2, -0.15) is 10.4 Å². The molecule has 9 heteroatoms. The number of ether oxygens (including phenoxy) is 1. The van der Waals surface area contributed by atoms with Gasteiger partial charge in [-0.25, -0.2) is 5.43 Å². The van der Waals surface area contributed by atoms with E-state index in [-0.39, 0.29) is 23.6 Å². The molecule has 1 amide bonds. The van der Waals surface area contributed by atoms with Gasteiger partial charge in [0.25, 0.3) is 11.6 Å². The number of hydrogen-bond donors (Lipinski definition) is 2. The number of nitriles is 1. The number of non-ortho nitro benzene ring substituents is 1. The number of phenolic OH excluding ortho intramolecular Hbond substituents is 1. The molecule has 0 aliphatic heterocycles. The van der Waals surface area contributed by atoms with Crippen molar-refractivity contribution in [3.05, 3.63) is 63.7 Å². The second kappa shape index (κ2) is 8.07. The van der Waals surface area contributed by atoms with Crippen LogP contribution in [0.5, 0.6) is 11.5 Å².